The van der Waals surface area contributed by atoms with Gasteiger partial charge < -0.3 is 11.1 Å². The smallest absolute Gasteiger partial charge is 0.138 e. The Balaban J connectivity index is 0.000000126. The van der Waals surface area contributed by atoms with Crippen molar-refractivity contribution in [2.45, 2.75) is 0 Å². The number of nitrogens with one attached hydrogen (secondary N) is 3. The molecular formula is C42H31ClN10. The first-order chi connectivity index (χ1) is 26.1. The number of benzene rings is 4. The maximum Gasteiger partial charge on any atom is 0.138 e. The van der Waals surface area contributed by atoms with E-state index in [-0.39, 0.29) is 0 Å². The molecule has 0 aliphatic rings. The quantitative estimate of drug-likeness (QED) is 0.104. The van der Waals surface area contributed by atoms with E-state index in [1.165, 1.54) is 0 Å². The zero-order valence-electron chi connectivity index (χ0n) is 28.1. The summed E-state index contributed by atoms with van der Waals surface area (Å²) in [6, 6.07) is 39.9. The summed E-state index contributed by atoms with van der Waals surface area (Å²) >= 11 is 6.19. The molecular weight excluding hydrogens is 680 g/mol. The highest BCUT2D eigenvalue weighted by Crippen LogP contribution is 2.31. The molecule has 0 aliphatic heterocycles. The third-order valence-corrected chi connectivity index (χ3v) is 8.85. The van der Waals surface area contributed by atoms with Gasteiger partial charge in [0.25, 0.3) is 0 Å². The predicted molar refractivity (Wildman–Crippen MR) is 215 cm³/mol. The SMILES string of the molecule is Clc1nc(-c2ccncc2)cc2ccccc12.Nc1ccc2cn[nH]c2c1.c1ccc2c(Nc3ccc4cn[nH]c4c3)nc(-c3ccncc3)cc2c1. The molecule has 0 bridgehead atoms. The zero-order valence-corrected chi connectivity index (χ0v) is 28.9. The van der Waals surface area contributed by atoms with Gasteiger partial charge in [0, 0.05) is 68.8 Å². The monoisotopic (exact) mass is 710 g/mol. The molecule has 53 heavy (non-hydrogen) atoms. The average Bonchev–Trinajstić information content (AvgIpc) is 3.88. The number of aromatic amines is 2. The van der Waals surface area contributed by atoms with Gasteiger partial charge in [0.05, 0.1) is 34.8 Å². The lowest BCUT2D eigenvalue weighted by Gasteiger charge is -2.12. The van der Waals surface area contributed by atoms with Crippen LogP contribution in [0, 0.1) is 0 Å². The Hall–Kier alpha value is -7.17. The second kappa shape index (κ2) is 15.0. The van der Waals surface area contributed by atoms with E-state index in [0.29, 0.717) is 5.15 Å². The van der Waals surface area contributed by atoms with E-state index < -0.39 is 0 Å². The first-order valence-corrected chi connectivity index (χ1v) is 17.1. The summed E-state index contributed by atoms with van der Waals surface area (Å²) in [5.74, 6) is 0.828. The van der Waals surface area contributed by atoms with Gasteiger partial charge in [0.15, 0.2) is 0 Å². The molecule has 0 saturated carbocycles. The average molecular weight is 711 g/mol. The molecule has 0 saturated heterocycles. The molecule has 256 valence electrons. The number of halogens is 1. The van der Waals surface area contributed by atoms with Crippen LogP contribution in [0.25, 0.3) is 65.9 Å². The molecule has 6 aromatic heterocycles. The molecule has 10 aromatic rings. The first kappa shape index (κ1) is 33.0. The van der Waals surface area contributed by atoms with Gasteiger partial charge in [-0.15, -0.1) is 0 Å². The van der Waals surface area contributed by atoms with Crippen molar-refractivity contribution < 1.29 is 0 Å². The van der Waals surface area contributed by atoms with E-state index in [1.54, 1.807) is 31.0 Å². The Morgan fingerprint density at radius 2 is 1.08 bits per heavy atom. The highest BCUT2D eigenvalue weighted by atomic mass is 35.5. The van der Waals surface area contributed by atoms with Crippen LogP contribution in [0.4, 0.5) is 17.2 Å². The molecule has 5 N–H and O–H groups in total. The lowest BCUT2D eigenvalue weighted by molar-refractivity contribution is 1.12. The van der Waals surface area contributed by atoms with Gasteiger partial charge in [0.1, 0.15) is 11.0 Å². The molecule has 10 rings (SSSR count). The van der Waals surface area contributed by atoms with Crippen LogP contribution in [0.3, 0.4) is 0 Å². The number of hydrogen-bond donors (Lipinski definition) is 4. The van der Waals surface area contributed by atoms with Crippen LogP contribution in [0.2, 0.25) is 5.15 Å². The van der Waals surface area contributed by atoms with Crippen molar-refractivity contribution in [1.29, 1.82) is 0 Å². The lowest BCUT2D eigenvalue weighted by atomic mass is 10.1. The molecule has 0 fully saturated rings. The minimum absolute atomic E-state index is 0.537. The Morgan fingerprint density at radius 1 is 0.528 bits per heavy atom. The fraction of sp³-hybridized carbons (Fsp3) is 0. The third-order valence-electron chi connectivity index (χ3n) is 8.56. The summed E-state index contributed by atoms with van der Waals surface area (Å²) in [7, 11) is 0. The molecule has 0 unspecified atom stereocenters. The minimum atomic E-state index is 0.537. The maximum absolute atomic E-state index is 6.19. The maximum atomic E-state index is 6.19. The van der Waals surface area contributed by atoms with Crippen LogP contribution in [0.1, 0.15) is 0 Å². The van der Waals surface area contributed by atoms with Crippen molar-refractivity contribution in [1.82, 2.24) is 40.3 Å². The highest BCUT2D eigenvalue weighted by Gasteiger charge is 2.09. The van der Waals surface area contributed by atoms with E-state index in [0.717, 1.165) is 83.1 Å². The molecule has 6 heterocycles. The fourth-order valence-corrected chi connectivity index (χ4v) is 6.16. The van der Waals surface area contributed by atoms with Crippen molar-refractivity contribution in [2.24, 2.45) is 0 Å². The van der Waals surface area contributed by atoms with E-state index in [2.05, 4.69) is 58.9 Å². The van der Waals surface area contributed by atoms with E-state index in [9.17, 15) is 0 Å². The van der Waals surface area contributed by atoms with Crippen molar-refractivity contribution in [3.63, 3.8) is 0 Å². The number of pyridine rings is 4. The van der Waals surface area contributed by atoms with Crippen LogP contribution in [-0.2, 0) is 0 Å². The second-order valence-corrected chi connectivity index (χ2v) is 12.4. The van der Waals surface area contributed by atoms with Gasteiger partial charge in [-0.2, -0.15) is 10.2 Å². The third kappa shape index (κ3) is 7.48. The number of aromatic nitrogens is 8. The standard InChI is InChI=1S/C21H15N5.C14H9ClN2.C7H7N3/c1-2-4-18-15(3-1)11-19(14-7-9-22-10-8-14)25-21(18)24-17-6-5-16-13-23-26-20(16)12-17;15-14-12-4-2-1-3-11(12)9-13(17-14)10-5-7-16-8-6-10;8-6-2-1-5-4-9-10-7(5)3-6/h1-13H,(H,23,26)(H,24,25);1-9H;1-4H,8H2,(H,9,10). The van der Waals surface area contributed by atoms with Gasteiger partial charge in [-0.1, -0.05) is 60.1 Å². The molecule has 11 heteroatoms. The van der Waals surface area contributed by atoms with E-state index in [1.807, 2.05) is 109 Å². The van der Waals surface area contributed by atoms with Gasteiger partial charge in [-0.25, -0.2) is 9.97 Å². The summed E-state index contributed by atoms with van der Waals surface area (Å²) in [5, 5.41) is 24.2. The second-order valence-electron chi connectivity index (χ2n) is 12.1. The van der Waals surface area contributed by atoms with Crippen LogP contribution in [0.15, 0.2) is 159 Å². The number of anilines is 3. The van der Waals surface area contributed by atoms with E-state index >= 15 is 0 Å². The Bertz CT molecular complexity index is 2800. The molecule has 10 nitrogen and oxygen atoms in total. The van der Waals surface area contributed by atoms with Gasteiger partial charge >= 0.3 is 0 Å². The topological polar surface area (TPSA) is 147 Å². The summed E-state index contributed by atoms with van der Waals surface area (Å²) < 4.78 is 0. The number of fused-ring (bicyclic) bond motifs is 4. The Morgan fingerprint density at radius 3 is 1.74 bits per heavy atom. The molecule has 0 aliphatic carbocycles. The molecule has 0 atom stereocenters. The summed E-state index contributed by atoms with van der Waals surface area (Å²) in [6.07, 6.45) is 10.7. The number of rotatable bonds is 4. The molecule has 4 aromatic carbocycles. The summed E-state index contributed by atoms with van der Waals surface area (Å²) in [4.78, 5) is 17.4. The zero-order chi connectivity index (χ0) is 36.0. The largest absolute Gasteiger partial charge is 0.399 e. The van der Waals surface area contributed by atoms with Crippen molar-refractivity contribution in [3.05, 3.63) is 164 Å². The minimum Gasteiger partial charge on any atom is -0.399 e. The number of nitrogens with zero attached hydrogens (tertiary/aromatic N) is 6. The number of nitrogen functional groups attached to an aromatic ring is 1. The van der Waals surface area contributed by atoms with Crippen LogP contribution in [-0.4, -0.2) is 40.3 Å². The predicted octanol–water partition coefficient (Wildman–Crippen LogP) is 10.0. The first-order valence-electron chi connectivity index (χ1n) is 16.7. The van der Waals surface area contributed by atoms with Gasteiger partial charge in [0.2, 0.25) is 0 Å². The molecule has 0 spiro atoms. The number of nitrogens with two attached hydrogens (primary N) is 1. The van der Waals surface area contributed by atoms with Crippen molar-refractivity contribution in [3.8, 4) is 22.5 Å². The van der Waals surface area contributed by atoms with Crippen LogP contribution >= 0.6 is 11.6 Å². The summed E-state index contributed by atoms with van der Waals surface area (Å²) in [5.41, 5.74) is 13.1. The van der Waals surface area contributed by atoms with Crippen molar-refractivity contribution >= 4 is 72.1 Å². The van der Waals surface area contributed by atoms with Crippen LogP contribution in [0.5, 0.6) is 0 Å². The number of H-pyrrole nitrogens is 2. The lowest BCUT2D eigenvalue weighted by Crippen LogP contribution is -1.97. The van der Waals surface area contributed by atoms with Gasteiger partial charge in [-0.05, 0) is 83.6 Å². The van der Waals surface area contributed by atoms with E-state index in [4.69, 9.17) is 22.3 Å². The fourth-order valence-electron chi connectivity index (χ4n) is 5.90. The number of hydrogen-bond acceptors (Lipinski definition) is 8. The Labute approximate surface area is 308 Å². The van der Waals surface area contributed by atoms with Crippen molar-refractivity contribution in [2.75, 3.05) is 11.1 Å². The molecule has 0 amide bonds. The van der Waals surface area contributed by atoms with Gasteiger partial charge in [-0.3, -0.25) is 20.2 Å². The van der Waals surface area contributed by atoms with Crippen LogP contribution < -0.4 is 11.1 Å². The normalized spacial score (nSPS) is 10.8. The highest BCUT2D eigenvalue weighted by molar-refractivity contribution is 6.34. The summed E-state index contributed by atoms with van der Waals surface area (Å²) in [6.45, 7) is 0. The Kier molecular flexibility index (Phi) is 9.33. The molecule has 0 radical (unpaired) electrons.